The summed E-state index contributed by atoms with van der Waals surface area (Å²) >= 11 is 9.34. The van der Waals surface area contributed by atoms with E-state index in [2.05, 4.69) is 21.2 Å². The zero-order valence-corrected chi connectivity index (χ0v) is 16.1. The monoisotopic (exact) mass is 434 g/mol. The Hall–Kier alpha value is -2.18. The normalized spacial score (nSPS) is 13.1. The Balaban J connectivity index is 1.47. The van der Waals surface area contributed by atoms with Crippen molar-refractivity contribution < 1.29 is 14.4 Å². The second kappa shape index (κ2) is 8.01. The highest BCUT2D eigenvalue weighted by molar-refractivity contribution is 9.10. The summed E-state index contributed by atoms with van der Waals surface area (Å²) in [5.74, 6) is -0.761. The average Bonchev–Trinajstić information content (AvgIpc) is 2.88. The summed E-state index contributed by atoms with van der Waals surface area (Å²) in [5.41, 5.74) is 1.31. The van der Waals surface area contributed by atoms with E-state index in [4.69, 9.17) is 11.6 Å². The van der Waals surface area contributed by atoms with Gasteiger partial charge in [0, 0.05) is 17.6 Å². The minimum Gasteiger partial charge on any atom is -0.352 e. The van der Waals surface area contributed by atoms with Crippen molar-refractivity contribution in [2.24, 2.45) is 0 Å². The van der Waals surface area contributed by atoms with Crippen LogP contribution in [0, 0.1) is 0 Å². The molecule has 0 fully saturated rings. The molecule has 1 N–H and O–H groups in total. The molecule has 7 heteroatoms. The molecule has 1 aliphatic heterocycles. The van der Waals surface area contributed by atoms with Crippen molar-refractivity contribution in [3.05, 3.63) is 68.7 Å². The SMILES string of the molecule is O=C(NCCCCN1C(=O)c2ccccc2C1=O)c1cc(Br)ccc1Cl. The molecule has 0 aromatic heterocycles. The van der Waals surface area contributed by atoms with Gasteiger partial charge in [-0.3, -0.25) is 19.3 Å². The first-order valence-corrected chi connectivity index (χ1v) is 9.34. The lowest BCUT2D eigenvalue weighted by molar-refractivity contribution is 0.0650. The van der Waals surface area contributed by atoms with E-state index in [0.717, 1.165) is 4.47 Å². The van der Waals surface area contributed by atoms with Gasteiger partial charge >= 0.3 is 0 Å². The van der Waals surface area contributed by atoms with Crippen LogP contribution >= 0.6 is 27.5 Å². The van der Waals surface area contributed by atoms with Crippen LogP contribution in [-0.4, -0.2) is 35.7 Å². The van der Waals surface area contributed by atoms with E-state index in [1.807, 2.05) is 0 Å². The molecule has 0 atom stereocenters. The lowest BCUT2D eigenvalue weighted by atomic mass is 10.1. The number of halogens is 2. The molecule has 5 nitrogen and oxygen atoms in total. The van der Waals surface area contributed by atoms with Gasteiger partial charge in [0.15, 0.2) is 0 Å². The van der Waals surface area contributed by atoms with Crippen molar-refractivity contribution >= 4 is 45.3 Å². The number of imide groups is 1. The van der Waals surface area contributed by atoms with Crippen molar-refractivity contribution in [2.45, 2.75) is 12.8 Å². The number of amides is 3. The molecule has 3 amide bonds. The van der Waals surface area contributed by atoms with Crippen LogP contribution in [-0.2, 0) is 0 Å². The van der Waals surface area contributed by atoms with E-state index < -0.39 is 0 Å². The van der Waals surface area contributed by atoms with Gasteiger partial charge in [0.2, 0.25) is 0 Å². The Morgan fingerprint density at radius 3 is 2.35 bits per heavy atom. The second-order valence-electron chi connectivity index (χ2n) is 5.89. The van der Waals surface area contributed by atoms with Crippen LogP contribution < -0.4 is 5.32 Å². The molecule has 2 aromatic carbocycles. The minimum absolute atomic E-state index is 0.253. The summed E-state index contributed by atoms with van der Waals surface area (Å²) in [6, 6.07) is 11.9. The van der Waals surface area contributed by atoms with Gasteiger partial charge < -0.3 is 5.32 Å². The Bertz CT molecular complexity index is 850. The molecular formula is C19H16BrClN2O3. The Morgan fingerprint density at radius 2 is 1.69 bits per heavy atom. The van der Waals surface area contributed by atoms with E-state index in [9.17, 15) is 14.4 Å². The Labute approximate surface area is 164 Å². The fraction of sp³-hybridized carbons (Fsp3) is 0.211. The maximum atomic E-state index is 12.2. The number of nitrogens with one attached hydrogen (secondary N) is 1. The maximum absolute atomic E-state index is 12.2. The highest BCUT2D eigenvalue weighted by Gasteiger charge is 2.34. The molecule has 0 spiro atoms. The molecule has 1 heterocycles. The van der Waals surface area contributed by atoms with Crippen LogP contribution in [0.25, 0.3) is 0 Å². The molecule has 0 unspecified atom stereocenters. The van der Waals surface area contributed by atoms with Crippen molar-refractivity contribution in [2.75, 3.05) is 13.1 Å². The third kappa shape index (κ3) is 3.81. The van der Waals surface area contributed by atoms with Crippen LogP contribution in [0.4, 0.5) is 0 Å². The van der Waals surface area contributed by atoms with Crippen LogP contribution in [0.1, 0.15) is 43.9 Å². The van der Waals surface area contributed by atoms with Gasteiger partial charge in [0.25, 0.3) is 17.7 Å². The van der Waals surface area contributed by atoms with Gasteiger partial charge in [-0.15, -0.1) is 0 Å². The number of benzene rings is 2. The van der Waals surface area contributed by atoms with Gasteiger partial charge in [0.05, 0.1) is 21.7 Å². The number of carbonyl (C=O) groups excluding carboxylic acids is 3. The molecule has 0 radical (unpaired) electrons. The van der Waals surface area contributed by atoms with Gasteiger partial charge in [-0.05, 0) is 43.2 Å². The third-order valence-electron chi connectivity index (χ3n) is 4.15. The predicted molar refractivity (Wildman–Crippen MR) is 103 cm³/mol. The van der Waals surface area contributed by atoms with E-state index in [0.29, 0.717) is 47.6 Å². The molecule has 2 aromatic rings. The zero-order valence-electron chi connectivity index (χ0n) is 13.8. The van der Waals surface area contributed by atoms with Crippen LogP contribution in [0.3, 0.4) is 0 Å². The molecule has 0 aliphatic carbocycles. The van der Waals surface area contributed by atoms with Crippen molar-refractivity contribution in [3.63, 3.8) is 0 Å². The van der Waals surface area contributed by atoms with Crippen LogP contribution in [0.15, 0.2) is 46.9 Å². The Morgan fingerprint density at radius 1 is 1.04 bits per heavy atom. The molecule has 0 bridgehead atoms. The highest BCUT2D eigenvalue weighted by atomic mass is 79.9. The second-order valence-corrected chi connectivity index (χ2v) is 7.22. The first-order valence-electron chi connectivity index (χ1n) is 8.17. The summed E-state index contributed by atoms with van der Waals surface area (Å²) in [4.78, 5) is 37.9. The third-order valence-corrected chi connectivity index (χ3v) is 4.97. The van der Waals surface area contributed by atoms with Crippen molar-refractivity contribution in [1.29, 1.82) is 0 Å². The molecule has 0 saturated carbocycles. The minimum atomic E-state index is -0.254. The maximum Gasteiger partial charge on any atom is 0.261 e. The molecule has 134 valence electrons. The lowest BCUT2D eigenvalue weighted by Crippen LogP contribution is -2.31. The molecule has 1 aliphatic rings. The van der Waals surface area contributed by atoms with Gasteiger partial charge in [-0.1, -0.05) is 39.7 Å². The molecule has 0 saturated heterocycles. The average molecular weight is 436 g/mol. The number of nitrogens with zero attached hydrogens (tertiary/aromatic N) is 1. The van der Waals surface area contributed by atoms with Crippen molar-refractivity contribution in [1.82, 2.24) is 10.2 Å². The summed E-state index contributed by atoms with van der Waals surface area (Å²) in [7, 11) is 0. The zero-order chi connectivity index (χ0) is 18.7. The fourth-order valence-electron chi connectivity index (χ4n) is 2.81. The summed E-state index contributed by atoms with van der Waals surface area (Å²) in [6.07, 6.45) is 1.25. The number of fused-ring (bicyclic) bond motifs is 1. The predicted octanol–water partition coefficient (Wildman–Crippen LogP) is 3.91. The fourth-order valence-corrected chi connectivity index (χ4v) is 3.37. The van der Waals surface area contributed by atoms with Crippen LogP contribution in [0.2, 0.25) is 5.02 Å². The molecule has 26 heavy (non-hydrogen) atoms. The topological polar surface area (TPSA) is 66.5 Å². The first-order chi connectivity index (χ1) is 12.5. The molecule has 3 rings (SSSR count). The van der Waals surface area contributed by atoms with Crippen LogP contribution in [0.5, 0.6) is 0 Å². The quantitative estimate of drug-likeness (QED) is 0.553. The number of hydrogen-bond donors (Lipinski definition) is 1. The number of rotatable bonds is 6. The Kier molecular flexibility index (Phi) is 5.74. The summed E-state index contributed by atoms with van der Waals surface area (Å²) in [6.45, 7) is 0.769. The number of hydrogen-bond acceptors (Lipinski definition) is 3. The lowest BCUT2D eigenvalue weighted by Gasteiger charge is -2.13. The summed E-state index contributed by atoms with van der Waals surface area (Å²) < 4.78 is 0.776. The van der Waals surface area contributed by atoms with Gasteiger partial charge in [-0.2, -0.15) is 0 Å². The van der Waals surface area contributed by atoms with E-state index in [1.54, 1.807) is 42.5 Å². The number of carbonyl (C=O) groups is 3. The highest BCUT2D eigenvalue weighted by Crippen LogP contribution is 2.23. The van der Waals surface area contributed by atoms with Gasteiger partial charge in [0.1, 0.15) is 0 Å². The molecular weight excluding hydrogens is 420 g/mol. The first kappa shape index (κ1) is 18.6. The summed E-state index contributed by atoms with van der Waals surface area (Å²) in [5, 5.41) is 3.19. The van der Waals surface area contributed by atoms with E-state index in [1.165, 1.54) is 4.90 Å². The smallest absolute Gasteiger partial charge is 0.261 e. The number of unbranched alkanes of at least 4 members (excludes halogenated alkanes) is 1. The largest absolute Gasteiger partial charge is 0.352 e. The van der Waals surface area contributed by atoms with Crippen molar-refractivity contribution in [3.8, 4) is 0 Å². The van der Waals surface area contributed by atoms with E-state index >= 15 is 0 Å². The standard InChI is InChI=1S/C19H16BrClN2O3/c20-12-7-8-16(21)15(11-12)17(24)22-9-3-4-10-23-18(25)13-5-1-2-6-14(13)19(23)26/h1-2,5-8,11H,3-4,9-10H2,(H,22,24). The van der Waals surface area contributed by atoms with Gasteiger partial charge in [-0.25, -0.2) is 0 Å². The van der Waals surface area contributed by atoms with E-state index in [-0.39, 0.29) is 17.7 Å².